The highest BCUT2D eigenvalue weighted by atomic mass is 32.1. The molecule has 0 fully saturated rings. The van der Waals surface area contributed by atoms with Crippen LogP contribution in [0.3, 0.4) is 0 Å². The first kappa shape index (κ1) is 12.2. The Kier molecular flexibility index (Phi) is 3.21. The van der Waals surface area contributed by atoms with Gasteiger partial charge in [0.15, 0.2) is 0 Å². The standard InChI is InChI=1S/C14H15N3OS/c1-9(14-15-6-7-19-14)16-11-3-4-12-10(8-11)2-5-13(18)17-12/h3-4,6-9,16H,2,5H2,1H3,(H,17,18). The van der Waals surface area contributed by atoms with Crippen molar-refractivity contribution in [2.24, 2.45) is 0 Å². The van der Waals surface area contributed by atoms with Crippen LogP contribution in [0.15, 0.2) is 29.8 Å². The van der Waals surface area contributed by atoms with E-state index in [4.69, 9.17) is 0 Å². The van der Waals surface area contributed by atoms with Crippen molar-refractivity contribution < 1.29 is 4.79 Å². The molecule has 1 aliphatic rings. The molecule has 2 heterocycles. The predicted molar refractivity (Wildman–Crippen MR) is 77.5 cm³/mol. The van der Waals surface area contributed by atoms with Crippen LogP contribution in [-0.2, 0) is 11.2 Å². The van der Waals surface area contributed by atoms with Gasteiger partial charge in [0.1, 0.15) is 5.01 Å². The Labute approximate surface area is 115 Å². The number of nitrogens with one attached hydrogen (secondary N) is 2. The smallest absolute Gasteiger partial charge is 0.224 e. The molecule has 0 spiro atoms. The fraction of sp³-hybridized carbons (Fsp3) is 0.286. The molecular formula is C14H15N3OS. The third-order valence-electron chi connectivity index (χ3n) is 3.21. The highest BCUT2D eigenvalue weighted by Gasteiger charge is 2.15. The van der Waals surface area contributed by atoms with Crippen LogP contribution in [0.5, 0.6) is 0 Å². The van der Waals surface area contributed by atoms with Crippen LogP contribution in [0.1, 0.15) is 30.0 Å². The van der Waals surface area contributed by atoms with E-state index in [1.165, 1.54) is 5.56 Å². The zero-order chi connectivity index (χ0) is 13.2. The molecule has 0 saturated carbocycles. The number of fused-ring (bicyclic) bond motifs is 1. The van der Waals surface area contributed by atoms with Crippen molar-refractivity contribution in [2.75, 3.05) is 10.6 Å². The second-order valence-electron chi connectivity index (χ2n) is 4.66. The fourth-order valence-electron chi connectivity index (χ4n) is 2.23. The molecule has 1 unspecified atom stereocenters. The summed E-state index contributed by atoms with van der Waals surface area (Å²) in [6, 6.07) is 6.26. The predicted octanol–water partition coefficient (Wildman–Crippen LogP) is 3.20. The molecule has 98 valence electrons. The highest BCUT2D eigenvalue weighted by molar-refractivity contribution is 7.09. The Morgan fingerprint density at radius 1 is 1.42 bits per heavy atom. The number of nitrogens with zero attached hydrogens (tertiary/aromatic N) is 1. The van der Waals surface area contributed by atoms with E-state index in [2.05, 4.69) is 28.6 Å². The largest absolute Gasteiger partial charge is 0.376 e. The van der Waals surface area contributed by atoms with Crippen LogP contribution in [0.2, 0.25) is 0 Å². The van der Waals surface area contributed by atoms with Gasteiger partial charge in [0.05, 0.1) is 6.04 Å². The van der Waals surface area contributed by atoms with Gasteiger partial charge >= 0.3 is 0 Å². The molecule has 2 aromatic rings. The first-order valence-corrected chi connectivity index (χ1v) is 7.19. The molecule has 3 rings (SSSR count). The molecule has 1 aromatic carbocycles. The second kappa shape index (κ2) is 5.01. The van der Waals surface area contributed by atoms with Gasteiger partial charge in [0, 0.05) is 29.4 Å². The zero-order valence-electron chi connectivity index (χ0n) is 10.6. The number of benzene rings is 1. The van der Waals surface area contributed by atoms with Crippen molar-refractivity contribution in [3.8, 4) is 0 Å². The summed E-state index contributed by atoms with van der Waals surface area (Å²) in [5, 5.41) is 9.39. The van der Waals surface area contributed by atoms with E-state index in [9.17, 15) is 4.79 Å². The fourth-order valence-corrected chi connectivity index (χ4v) is 2.88. The van der Waals surface area contributed by atoms with E-state index in [1.807, 2.05) is 23.7 Å². The maximum Gasteiger partial charge on any atom is 0.224 e. The van der Waals surface area contributed by atoms with Gasteiger partial charge in [0.2, 0.25) is 5.91 Å². The number of thiazole rings is 1. The third-order valence-corrected chi connectivity index (χ3v) is 4.16. The van der Waals surface area contributed by atoms with Crippen LogP contribution < -0.4 is 10.6 Å². The van der Waals surface area contributed by atoms with Gasteiger partial charge in [-0.15, -0.1) is 11.3 Å². The van der Waals surface area contributed by atoms with Crippen LogP contribution in [0.4, 0.5) is 11.4 Å². The summed E-state index contributed by atoms with van der Waals surface area (Å²) < 4.78 is 0. The Morgan fingerprint density at radius 3 is 3.11 bits per heavy atom. The molecule has 2 N–H and O–H groups in total. The van der Waals surface area contributed by atoms with Gasteiger partial charge < -0.3 is 10.6 Å². The minimum absolute atomic E-state index is 0.101. The SMILES string of the molecule is CC(Nc1ccc2c(c1)CCC(=O)N2)c1nccs1. The molecule has 1 atom stereocenters. The molecule has 0 saturated heterocycles. The number of hydrogen-bond acceptors (Lipinski definition) is 4. The van der Waals surface area contributed by atoms with Gasteiger partial charge in [-0.2, -0.15) is 0 Å². The Morgan fingerprint density at radius 2 is 2.32 bits per heavy atom. The van der Waals surface area contributed by atoms with Gasteiger partial charge in [-0.1, -0.05) is 0 Å². The topological polar surface area (TPSA) is 54.0 Å². The molecular weight excluding hydrogens is 258 g/mol. The summed E-state index contributed by atoms with van der Waals surface area (Å²) in [5.41, 5.74) is 3.19. The minimum atomic E-state index is 0.101. The number of hydrogen-bond donors (Lipinski definition) is 2. The van der Waals surface area contributed by atoms with E-state index in [1.54, 1.807) is 11.3 Å². The summed E-state index contributed by atoms with van der Waals surface area (Å²) in [6.45, 7) is 2.10. The number of anilines is 2. The Bertz CT molecular complexity index is 595. The Balaban J connectivity index is 1.77. The average molecular weight is 273 g/mol. The van der Waals surface area contributed by atoms with E-state index in [0.717, 1.165) is 22.8 Å². The summed E-state index contributed by atoms with van der Waals surface area (Å²) >= 11 is 1.65. The number of aromatic nitrogens is 1. The average Bonchev–Trinajstić information content (AvgIpc) is 2.93. The third kappa shape index (κ3) is 2.61. The van der Waals surface area contributed by atoms with Gasteiger partial charge in [-0.3, -0.25) is 4.79 Å². The van der Waals surface area contributed by atoms with Gasteiger partial charge in [-0.25, -0.2) is 4.98 Å². The summed E-state index contributed by atoms with van der Waals surface area (Å²) in [6.07, 6.45) is 3.20. The molecule has 1 amide bonds. The van der Waals surface area contributed by atoms with Gasteiger partial charge in [0.25, 0.3) is 0 Å². The summed E-state index contributed by atoms with van der Waals surface area (Å²) in [7, 11) is 0. The molecule has 5 heteroatoms. The van der Waals surface area contributed by atoms with E-state index in [-0.39, 0.29) is 11.9 Å². The molecule has 0 bridgehead atoms. The zero-order valence-corrected chi connectivity index (χ0v) is 11.5. The monoisotopic (exact) mass is 273 g/mol. The maximum atomic E-state index is 11.3. The lowest BCUT2D eigenvalue weighted by Gasteiger charge is -2.19. The molecule has 1 aromatic heterocycles. The van der Waals surface area contributed by atoms with Crippen molar-refractivity contribution in [1.82, 2.24) is 4.98 Å². The van der Waals surface area contributed by atoms with Crippen molar-refractivity contribution in [3.63, 3.8) is 0 Å². The number of aryl methyl sites for hydroxylation is 1. The van der Waals surface area contributed by atoms with Crippen LogP contribution in [-0.4, -0.2) is 10.9 Å². The number of carbonyl (C=O) groups excluding carboxylic acids is 1. The second-order valence-corrected chi connectivity index (χ2v) is 5.58. The van der Waals surface area contributed by atoms with Crippen molar-refractivity contribution in [2.45, 2.75) is 25.8 Å². The Hall–Kier alpha value is -1.88. The minimum Gasteiger partial charge on any atom is -0.376 e. The molecule has 0 radical (unpaired) electrons. The summed E-state index contributed by atoms with van der Waals surface area (Å²) in [4.78, 5) is 15.6. The molecule has 0 aliphatic carbocycles. The lowest BCUT2D eigenvalue weighted by atomic mass is 10.0. The highest BCUT2D eigenvalue weighted by Crippen LogP contribution is 2.28. The quantitative estimate of drug-likeness (QED) is 0.903. The van der Waals surface area contributed by atoms with Crippen LogP contribution in [0.25, 0.3) is 0 Å². The molecule has 4 nitrogen and oxygen atoms in total. The van der Waals surface area contributed by atoms with Crippen molar-refractivity contribution >= 4 is 28.6 Å². The van der Waals surface area contributed by atoms with E-state index >= 15 is 0 Å². The normalized spacial score (nSPS) is 15.5. The number of carbonyl (C=O) groups is 1. The maximum absolute atomic E-state index is 11.3. The van der Waals surface area contributed by atoms with E-state index in [0.29, 0.717) is 6.42 Å². The number of amides is 1. The lowest BCUT2D eigenvalue weighted by Crippen LogP contribution is -2.19. The van der Waals surface area contributed by atoms with Crippen molar-refractivity contribution in [3.05, 3.63) is 40.3 Å². The molecule has 19 heavy (non-hydrogen) atoms. The van der Waals surface area contributed by atoms with Crippen LogP contribution >= 0.6 is 11.3 Å². The van der Waals surface area contributed by atoms with E-state index < -0.39 is 0 Å². The summed E-state index contributed by atoms with van der Waals surface area (Å²) in [5.74, 6) is 0.101. The number of rotatable bonds is 3. The first-order valence-electron chi connectivity index (χ1n) is 6.31. The van der Waals surface area contributed by atoms with Crippen LogP contribution in [0, 0.1) is 0 Å². The van der Waals surface area contributed by atoms with Gasteiger partial charge in [-0.05, 0) is 37.1 Å². The molecule has 1 aliphatic heterocycles. The first-order chi connectivity index (χ1) is 9.22. The lowest BCUT2D eigenvalue weighted by molar-refractivity contribution is -0.116. The van der Waals surface area contributed by atoms with Crippen molar-refractivity contribution in [1.29, 1.82) is 0 Å².